The van der Waals surface area contributed by atoms with Crippen LogP contribution in [0.25, 0.3) is 0 Å². The number of rotatable bonds is 3. The summed E-state index contributed by atoms with van der Waals surface area (Å²) in [7, 11) is 0. The average Bonchev–Trinajstić information content (AvgIpc) is 2.68. The molecule has 0 saturated heterocycles. The molecule has 0 radical (unpaired) electrons. The van der Waals surface area contributed by atoms with Crippen molar-refractivity contribution >= 4 is 17.0 Å². The minimum absolute atomic E-state index is 0.120. The Labute approximate surface area is 123 Å². The van der Waals surface area contributed by atoms with E-state index in [0.29, 0.717) is 5.56 Å². The van der Waals surface area contributed by atoms with Crippen LogP contribution in [0.4, 0.5) is 5.69 Å². The Morgan fingerprint density at radius 2 is 1.90 bits per heavy atom. The van der Waals surface area contributed by atoms with Gasteiger partial charge in [0, 0.05) is 10.6 Å². The highest BCUT2D eigenvalue weighted by molar-refractivity contribution is 7.11. The van der Waals surface area contributed by atoms with Crippen molar-refractivity contribution in [2.45, 2.75) is 40.7 Å². The predicted octanol–water partition coefficient (Wildman–Crippen LogP) is 3.82. The van der Waals surface area contributed by atoms with Crippen molar-refractivity contribution in [3.05, 3.63) is 38.6 Å². The molecular weight excluding hydrogens is 268 g/mol. The summed E-state index contributed by atoms with van der Waals surface area (Å²) >= 11 is 1.69. The molecule has 0 fully saturated rings. The topological polar surface area (TPSA) is 61.6 Å². The van der Waals surface area contributed by atoms with Crippen molar-refractivity contribution in [1.29, 1.82) is 5.26 Å². The fourth-order valence-electron chi connectivity index (χ4n) is 2.33. The first kappa shape index (κ1) is 14.5. The number of pyridine rings is 1. The van der Waals surface area contributed by atoms with Gasteiger partial charge >= 0.3 is 0 Å². The summed E-state index contributed by atoms with van der Waals surface area (Å²) in [6, 6.07) is 4.27. The summed E-state index contributed by atoms with van der Waals surface area (Å²) in [4.78, 5) is 9.99. The van der Waals surface area contributed by atoms with E-state index < -0.39 is 0 Å². The Morgan fingerprint density at radius 3 is 2.45 bits per heavy atom. The monoisotopic (exact) mass is 286 g/mol. The van der Waals surface area contributed by atoms with E-state index in [4.69, 9.17) is 0 Å². The molecule has 0 amide bonds. The summed E-state index contributed by atoms with van der Waals surface area (Å²) in [6.45, 7) is 9.92. The Hall–Kier alpha value is -1.93. The highest BCUT2D eigenvalue weighted by Crippen LogP contribution is 2.29. The van der Waals surface area contributed by atoms with Gasteiger partial charge in [-0.2, -0.15) is 5.26 Å². The standard InChI is InChI=1S/C15H18N4S/c1-8-6-14(13(7-16)9(2)17-8)19-11(4)15-10(3)18-12(5)20-15/h6,11H,1-5H3,(H,17,19). The van der Waals surface area contributed by atoms with E-state index >= 15 is 0 Å². The molecule has 0 aliphatic carbocycles. The number of aryl methyl sites for hydroxylation is 4. The third kappa shape index (κ3) is 2.81. The summed E-state index contributed by atoms with van der Waals surface area (Å²) in [5.41, 5.74) is 4.18. The fourth-order valence-corrected chi connectivity index (χ4v) is 3.26. The number of nitrogens with zero attached hydrogens (tertiary/aromatic N) is 3. The molecule has 0 bridgehead atoms. The maximum Gasteiger partial charge on any atom is 0.103 e. The van der Waals surface area contributed by atoms with Gasteiger partial charge in [-0.1, -0.05) is 0 Å². The number of nitrogens with one attached hydrogen (secondary N) is 1. The molecule has 20 heavy (non-hydrogen) atoms. The van der Waals surface area contributed by atoms with Crippen molar-refractivity contribution in [2.75, 3.05) is 5.32 Å². The van der Waals surface area contributed by atoms with E-state index in [2.05, 4.69) is 28.3 Å². The number of nitriles is 1. The second kappa shape index (κ2) is 5.59. The minimum atomic E-state index is 0.120. The second-order valence-corrected chi connectivity index (χ2v) is 6.17. The van der Waals surface area contributed by atoms with Gasteiger partial charge < -0.3 is 5.32 Å². The van der Waals surface area contributed by atoms with Gasteiger partial charge in [0.1, 0.15) is 6.07 Å². The summed E-state index contributed by atoms with van der Waals surface area (Å²) in [5.74, 6) is 0. The first-order valence-electron chi connectivity index (χ1n) is 6.51. The molecule has 1 atom stereocenters. The largest absolute Gasteiger partial charge is 0.376 e. The molecule has 2 heterocycles. The van der Waals surface area contributed by atoms with Gasteiger partial charge in [0.05, 0.1) is 33.7 Å². The van der Waals surface area contributed by atoms with E-state index in [0.717, 1.165) is 27.8 Å². The quantitative estimate of drug-likeness (QED) is 0.931. The Bertz CT molecular complexity index is 682. The first-order valence-corrected chi connectivity index (χ1v) is 7.32. The van der Waals surface area contributed by atoms with Gasteiger partial charge in [-0.05, 0) is 40.7 Å². The molecule has 2 aromatic rings. The fraction of sp³-hybridized carbons (Fsp3) is 0.400. The Morgan fingerprint density at radius 1 is 1.20 bits per heavy atom. The molecule has 104 valence electrons. The van der Waals surface area contributed by atoms with Crippen LogP contribution in [0.15, 0.2) is 6.07 Å². The molecule has 0 aliphatic rings. The molecule has 2 rings (SSSR count). The van der Waals surface area contributed by atoms with Crippen LogP contribution in [0.2, 0.25) is 0 Å². The van der Waals surface area contributed by atoms with Crippen LogP contribution < -0.4 is 5.32 Å². The molecule has 2 aromatic heterocycles. The van der Waals surface area contributed by atoms with Gasteiger partial charge in [0.2, 0.25) is 0 Å². The zero-order valence-corrected chi connectivity index (χ0v) is 13.2. The van der Waals surface area contributed by atoms with Crippen molar-refractivity contribution in [3.63, 3.8) is 0 Å². The molecule has 0 aromatic carbocycles. The lowest BCUT2D eigenvalue weighted by Gasteiger charge is -2.16. The van der Waals surface area contributed by atoms with E-state index in [1.165, 1.54) is 4.88 Å². The normalized spacial score (nSPS) is 12.0. The molecule has 5 heteroatoms. The smallest absolute Gasteiger partial charge is 0.103 e. The van der Waals surface area contributed by atoms with E-state index in [9.17, 15) is 5.26 Å². The number of hydrogen-bond donors (Lipinski definition) is 1. The molecule has 0 aliphatic heterocycles. The maximum atomic E-state index is 9.29. The number of hydrogen-bond acceptors (Lipinski definition) is 5. The summed E-state index contributed by atoms with van der Waals surface area (Å²) in [6.07, 6.45) is 0. The molecule has 4 nitrogen and oxygen atoms in total. The highest BCUT2D eigenvalue weighted by atomic mass is 32.1. The molecule has 0 saturated carbocycles. The lowest BCUT2D eigenvalue weighted by atomic mass is 10.1. The van der Waals surface area contributed by atoms with Crippen LogP contribution in [0.1, 0.15) is 45.5 Å². The van der Waals surface area contributed by atoms with Gasteiger partial charge in [0.25, 0.3) is 0 Å². The van der Waals surface area contributed by atoms with Crippen molar-refractivity contribution < 1.29 is 0 Å². The number of aromatic nitrogens is 2. The minimum Gasteiger partial charge on any atom is -0.376 e. The van der Waals surface area contributed by atoms with Crippen LogP contribution >= 0.6 is 11.3 Å². The molecule has 1 N–H and O–H groups in total. The summed E-state index contributed by atoms with van der Waals surface area (Å²) < 4.78 is 0. The second-order valence-electron chi connectivity index (χ2n) is 4.93. The number of thiazole rings is 1. The van der Waals surface area contributed by atoms with Gasteiger partial charge in [-0.25, -0.2) is 4.98 Å². The van der Waals surface area contributed by atoms with Gasteiger partial charge in [-0.15, -0.1) is 11.3 Å². The maximum absolute atomic E-state index is 9.29. The van der Waals surface area contributed by atoms with Crippen molar-refractivity contribution in [3.8, 4) is 6.07 Å². The van der Waals surface area contributed by atoms with Crippen LogP contribution in [0.3, 0.4) is 0 Å². The zero-order valence-electron chi connectivity index (χ0n) is 12.4. The van der Waals surface area contributed by atoms with Gasteiger partial charge in [-0.3, -0.25) is 4.98 Å². The number of anilines is 1. The Kier molecular flexibility index (Phi) is 4.05. The van der Waals surface area contributed by atoms with Gasteiger partial charge in [0.15, 0.2) is 0 Å². The van der Waals surface area contributed by atoms with Crippen LogP contribution in [-0.4, -0.2) is 9.97 Å². The van der Waals surface area contributed by atoms with E-state index in [-0.39, 0.29) is 6.04 Å². The third-order valence-corrected chi connectivity index (χ3v) is 4.40. The molecular formula is C15H18N4S. The predicted molar refractivity (Wildman–Crippen MR) is 82.1 cm³/mol. The average molecular weight is 286 g/mol. The molecule has 0 spiro atoms. The van der Waals surface area contributed by atoms with Crippen LogP contribution in [0, 0.1) is 39.0 Å². The summed E-state index contributed by atoms with van der Waals surface area (Å²) in [5, 5.41) is 13.8. The van der Waals surface area contributed by atoms with E-state index in [1.54, 1.807) is 11.3 Å². The van der Waals surface area contributed by atoms with E-state index in [1.807, 2.05) is 33.8 Å². The lowest BCUT2D eigenvalue weighted by molar-refractivity contribution is 0.885. The third-order valence-electron chi connectivity index (χ3n) is 3.14. The Balaban J connectivity index is 2.35. The highest BCUT2D eigenvalue weighted by Gasteiger charge is 2.15. The van der Waals surface area contributed by atoms with Crippen LogP contribution in [0.5, 0.6) is 0 Å². The van der Waals surface area contributed by atoms with Crippen molar-refractivity contribution in [1.82, 2.24) is 9.97 Å². The van der Waals surface area contributed by atoms with Crippen LogP contribution in [-0.2, 0) is 0 Å². The molecule has 1 unspecified atom stereocenters. The zero-order chi connectivity index (χ0) is 14.9. The SMILES string of the molecule is Cc1cc(NC(C)c2sc(C)nc2C)c(C#N)c(C)n1. The first-order chi connectivity index (χ1) is 9.42. The lowest BCUT2D eigenvalue weighted by Crippen LogP contribution is -2.09. The van der Waals surface area contributed by atoms with Crippen molar-refractivity contribution in [2.24, 2.45) is 0 Å².